The molecule has 3 N–H and O–H groups in total. The van der Waals surface area contributed by atoms with Crippen molar-refractivity contribution in [2.75, 3.05) is 6.61 Å². The molecule has 0 radical (unpaired) electrons. The Morgan fingerprint density at radius 3 is 0.957 bits per heavy atom. The van der Waals surface area contributed by atoms with E-state index in [9.17, 15) is 15.0 Å². The first-order valence-corrected chi connectivity index (χ1v) is 31.3. The highest BCUT2D eigenvalue weighted by molar-refractivity contribution is 5.76. The summed E-state index contributed by atoms with van der Waals surface area (Å²) >= 11 is 0. The van der Waals surface area contributed by atoms with Crippen LogP contribution in [0.3, 0.4) is 0 Å². The van der Waals surface area contributed by atoms with Gasteiger partial charge in [-0.1, -0.05) is 332 Å². The Hall–Kier alpha value is -1.65. The van der Waals surface area contributed by atoms with Crippen LogP contribution in [-0.4, -0.2) is 34.9 Å². The molecule has 0 aromatic carbocycles. The lowest BCUT2D eigenvalue weighted by Gasteiger charge is -2.22. The van der Waals surface area contributed by atoms with Crippen molar-refractivity contribution in [3.63, 3.8) is 0 Å². The second-order valence-corrected chi connectivity index (χ2v) is 21.5. The van der Waals surface area contributed by atoms with Crippen molar-refractivity contribution in [3.8, 4) is 0 Å². The fourth-order valence-electron chi connectivity index (χ4n) is 9.89. The number of hydrogen-bond donors (Lipinski definition) is 3. The quantitative estimate of drug-likeness (QED) is 0.0420. The average Bonchev–Trinajstić information content (AvgIpc) is 3.35. The molecule has 2 atom stereocenters. The number of hydrogen-bond acceptors (Lipinski definition) is 3. The van der Waals surface area contributed by atoms with E-state index < -0.39 is 12.1 Å². The number of amides is 1. The molecule has 0 aromatic rings. The fourth-order valence-corrected chi connectivity index (χ4v) is 9.89. The SMILES string of the molecule is CC/C=C\C/C=C\C/C=C\C/C=C\CCCCCCCCCCCCCCCCCCCCCCCCCCC(=O)NC(CO)C(O)CCCCCCCCCCCCCCCCCCCCCC. The second kappa shape index (κ2) is 60.7. The van der Waals surface area contributed by atoms with Crippen LogP contribution in [0.4, 0.5) is 0 Å². The van der Waals surface area contributed by atoms with Crippen molar-refractivity contribution in [2.45, 2.75) is 353 Å². The number of unbranched alkanes of at least 4 members (excludes halogenated alkanes) is 43. The summed E-state index contributed by atoms with van der Waals surface area (Å²) in [4.78, 5) is 12.5. The van der Waals surface area contributed by atoms with Crippen molar-refractivity contribution in [3.05, 3.63) is 48.6 Å². The molecule has 0 saturated carbocycles. The normalized spacial score (nSPS) is 13.0. The highest BCUT2D eigenvalue weighted by atomic mass is 16.3. The number of allylic oxidation sites excluding steroid dienone is 8. The maximum Gasteiger partial charge on any atom is 0.220 e. The van der Waals surface area contributed by atoms with Crippen molar-refractivity contribution in [1.82, 2.24) is 5.32 Å². The average molecular weight is 967 g/mol. The monoisotopic (exact) mass is 966 g/mol. The predicted molar refractivity (Wildman–Crippen MR) is 308 cm³/mol. The summed E-state index contributed by atoms with van der Waals surface area (Å²) in [5, 5.41) is 23.4. The molecule has 2 unspecified atom stereocenters. The van der Waals surface area contributed by atoms with Gasteiger partial charge < -0.3 is 15.5 Å². The van der Waals surface area contributed by atoms with Crippen LogP contribution in [0.15, 0.2) is 48.6 Å². The summed E-state index contributed by atoms with van der Waals surface area (Å²) in [6.45, 7) is 4.28. The zero-order valence-corrected chi connectivity index (χ0v) is 46.8. The van der Waals surface area contributed by atoms with Gasteiger partial charge in [-0.25, -0.2) is 0 Å². The Morgan fingerprint density at radius 1 is 0.362 bits per heavy atom. The summed E-state index contributed by atoms with van der Waals surface area (Å²) in [7, 11) is 0. The highest BCUT2D eigenvalue weighted by Gasteiger charge is 2.20. The van der Waals surface area contributed by atoms with Gasteiger partial charge in [0, 0.05) is 6.42 Å². The van der Waals surface area contributed by atoms with E-state index in [1.165, 1.54) is 263 Å². The molecule has 69 heavy (non-hydrogen) atoms. The Kier molecular flexibility index (Phi) is 59.2. The first-order chi connectivity index (χ1) is 34.2. The molecule has 4 heteroatoms. The molecular weight excluding hydrogens is 843 g/mol. The van der Waals surface area contributed by atoms with Gasteiger partial charge in [0.1, 0.15) is 0 Å². The minimum Gasteiger partial charge on any atom is -0.394 e. The first-order valence-electron chi connectivity index (χ1n) is 31.3. The van der Waals surface area contributed by atoms with E-state index >= 15 is 0 Å². The molecule has 0 saturated heterocycles. The number of nitrogens with one attached hydrogen (secondary N) is 1. The van der Waals surface area contributed by atoms with Crippen LogP contribution in [0.1, 0.15) is 341 Å². The zero-order chi connectivity index (χ0) is 49.9. The number of carbonyl (C=O) groups excluding carboxylic acids is 1. The highest BCUT2D eigenvalue weighted by Crippen LogP contribution is 2.18. The van der Waals surface area contributed by atoms with Gasteiger partial charge in [0.25, 0.3) is 0 Å². The molecule has 0 aliphatic rings. The summed E-state index contributed by atoms with van der Waals surface area (Å²) < 4.78 is 0. The molecule has 406 valence electrons. The van der Waals surface area contributed by atoms with Crippen LogP contribution in [0, 0.1) is 0 Å². The van der Waals surface area contributed by atoms with Gasteiger partial charge in [-0.05, 0) is 51.4 Å². The molecule has 0 rings (SSSR count). The largest absolute Gasteiger partial charge is 0.394 e. The topological polar surface area (TPSA) is 69.6 Å². The molecule has 0 aliphatic heterocycles. The number of carbonyl (C=O) groups is 1. The summed E-state index contributed by atoms with van der Waals surface area (Å²) in [6.07, 6.45) is 84.2. The van der Waals surface area contributed by atoms with Gasteiger partial charge in [-0.15, -0.1) is 0 Å². The minimum absolute atomic E-state index is 0.0243. The molecule has 0 bridgehead atoms. The number of rotatable bonds is 58. The van der Waals surface area contributed by atoms with E-state index in [1.54, 1.807) is 0 Å². The van der Waals surface area contributed by atoms with Gasteiger partial charge >= 0.3 is 0 Å². The van der Waals surface area contributed by atoms with Gasteiger partial charge in [0.15, 0.2) is 0 Å². The van der Waals surface area contributed by atoms with Crippen LogP contribution in [0.25, 0.3) is 0 Å². The van der Waals surface area contributed by atoms with Crippen molar-refractivity contribution in [2.24, 2.45) is 0 Å². The number of aliphatic hydroxyl groups is 2. The molecule has 0 heterocycles. The molecule has 0 aromatic heterocycles. The lowest BCUT2D eigenvalue weighted by Crippen LogP contribution is -2.45. The third-order valence-electron chi connectivity index (χ3n) is 14.6. The smallest absolute Gasteiger partial charge is 0.220 e. The van der Waals surface area contributed by atoms with E-state index in [4.69, 9.17) is 0 Å². The Balaban J connectivity index is 3.39. The molecule has 1 amide bonds. The maximum absolute atomic E-state index is 12.5. The van der Waals surface area contributed by atoms with Crippen LogP contribution >= 0.6 is 0 Å². The lowest BCUT2D eigenvalue weighted by atomic mass is 10.0. The zero-order valence-electron chi connectivity index (χ0n) is 46.8. The standard InChI is InChI=1S/C65H123NO3/c1-3-5-7-9-11-13-15-17-19-21-23-25-26-27-28-29-30-31-32-33-34-35-36-37-38-39-40-41-43-45-47-49-51-53-55-57-59-61-65(69)66-63(62-67)64(68)60-58-56-54-52-50-48-46-44-42-24-22-20-18-16-14-12-10-8-6-4-2/h5,7,11,13,17,19,23,25,63-64,67-68H,3-4,6,8-10,12,14-16,18,20-22,24,26-62H2,1-2H3,(H,66,69)/b7-5-,13-11-,19-17-,25-23-. The van der Waals surface area contributed by atoms with E-state index in [0.717, 1.165) is 51.4 Å². The third-order valence-corrected chi connectivity index (χ3v) is 14.6. The summed E-state index contributed by atoms with van der Waals surface area (Å²) in [5.41, 5.74) is 0. The fraction of sp³-hybridized carbons (Fsp3) is 0.862. The van der Waals surface area contributed by atoms with Crippen molar-refractivity contribution >= 4 is 5.91 Å². The van der Waals surface area contributed by atoms with Gasteiger partial charge in [0.05, 0.1) is 18.8 Å². The predicted octanol–water partition coefficient (Wildman–Crippen LogP) is 21.0. The summed E-state index contributed by atoms with van der Waals surface area (Å²) in [6, 6.07) is -0.535. The molecule has 4 nitrogen and oxygen atoms in total. The number of aliphatic hydroxyl groups excluding tert-OH is 2. The van der Waals surface area contributed by atoms with E-state index in [2.05, 4.69) is 67.8 Å². The van der Waals surface area contributed by atoms with Gasteiger partial charge in [0.2, 0.25) is 5.91 Å². The minimum atomic E-state index is -0.658. The van der Waals surface area contributed by atoms with Crippen LogP contribution in [-0.2, 0) is 4.79 Å². The van der Waals surface area contributed by atoms with Crippen LogP contribution in [0.2, 0.25) is 0 Å². The molecule has 0 fully saturated rings. The van der Waals surface area contributed by atoms with Gasteiger partial charge in [-0.2, -0.15) is 0 Å². The van der Waals surface area contributed by atoms with Crippen molar-refractivity contribution in [1.29, 1.82) is 0 Å². The van der Waals surface area contributed by atoms with E-state index in [-0.39, 0.29) is 12.5 Å². The van der Waals surface area contributed by atoms with E-state index in [0.29, 0.717) is 12.8 Å². The lowest BCUT2D eigenvalue weighted by molar-refractivity contribution is -0.123. The Labute approximate surface area is 433 Å². The van der Waals surface area contributed by atoms with E-state index in [1.807, 2.05) is 0 Å². The Morgan fingerprint density at radius 2 is 0.638 bits per heavy atom. The van der Waals surface area contributed by atoms with Crippen LogP contribution < -0.4 is 5.32 Å². The van der Waals surface area contributed by atoms with Gasteiger partial charge in [-0.3, -0.25) is 4.79 Å². The second-order valence-electron chi connectivity index (χ2n) is 21.5. The van der Waals surface area contributed by atoms with Crippen molar-refractivity contribution < 1.29 is 15.0 Å². The maximum atomic E-state index is 12.5. The molecular formula is C65H123NO3. The first kappa shape index (κ1) is 67.3. The molecule has 0 spiro atoms. The third kappa shape index (κ3) is 57.1. The molecule has 0 aliphatic carbocycles. The summed E-state index contributed by atoms with van der Waals surface area (Å²) in [5.74, 6) is -0.0243. The van der Waals surface area contributed by atoms with Crippen LogP contribution in [0.5, 0.6) is 0 Å². The Bertz CT molecular complexity index is 1090.